The Labute approximate surface area is 131 Å². The lowest BCUT2D eigenvalue weighted by Crippen LogP contribution is -2.25. The van der Waals surface area contributed by atoms with Crippen LogP contribution in [0.15, 0.2) is 18.2 Å². The first kappa shape index (κ1) is 17.2. The van der Waals surface area contributed by atoms with E-state index >= 15 is 0 Å². The Hall–Kier alpha value is 0.110. The van der Waals surface area contributed by atoms with Gasteiger partial charge in [-0.15, -0.1) is 0 Å². The zero-order valence-corrected chi connectivity index (χ0v) is 14.2. The second kappa shape index (κ2) is 9.12. The largest absolute Gasteiger partial charge is 0.309 e. The maximum absolute atomic E-state index is 6.33. The molecule has 0 heterocycles. The highest BCUT2D eigenvalue weighted by Gasteiger charge is 2.16. The molecule has 0 spiro atoms. The highest BCUT2D eigenvalue weighted by Crippen LogP contribution is 2.32. The third kappa shape index (κ3) is 5.55. The molecule has 1 aromatic rings. The fourth-order valence-corrected chi connectivity index (χ4v) is 3.24. The highest BCUT2D eigenvalue weighted by molar-refractivity contribution is 7.99. The van der Waals surface area contributed by atoms with Crippen LogP contribution in [0.5, 0.6) is 0 Å². The Balaban J connectivity index is 2.80. The average molecular weight is 320 g/mol. The van der Waals surface area contributed by atoms with Crippen LogP contribution >= 0.6 is 35.0 Å². The van der Waals surface area contributed by atoms with Crippen LogP contribution in [0.3, 0.4) is 0 Å². The van der Waals surface area contributed by atoms with Crippen LogP contribution < -0.4 is 5.32 Å². The van der Waals surface area contributed by atoms with Gasteiger partial charge in [0.05, 0.1) is 10.0 Å². The average Bonchev–Trinajstić information content (AvgIpc) is 2.42. The number of halogens is 2. The molecule has 2 unspecified atom stereocenters. The number of nitrogens with one attached hydrogen (secondary N) is 1. The molecule has 0 aliphatic carbocycles. The molecule has 0 amide bonds. The van der Waals surface area contributed by atoms with Gasteiger partial charge in [-0.3, -0.25) is 0 Å². The van der Waals surface area contributed by atoms with E-state index in [1.54, 1.807) is 0 Å². The summed E-state index contributed by atoms with van der Waals surface area (Å²) in [4.78, 5) is 0. The van der Waals surface area contributed by atoms with Crippen molar-refractivity contribution in [2.24, 2.45) is 0 Å². The Morgan fingerprint density at radius 2 is 2.00 bits per heavy atom. The van der Waals surface area contributed by atoms with Crippen LogP contribution in [0.25, 0.3) is 0 Å². The van der Waals surface area contributed by atoms with Gasteiger partial charge in [0.25, 0.3) is 0 Å². The van der Waals surface area contributed by atoms with E-state index in [0.717, 1.165) is 24.3 Å². The van der Waals surface area contributed by atoms with Crippen LogP contribution in [-0.4, -0.2) is 17.5 Å². The van der Waals surface area contributed by atoms with E-state index in [9.17, 15) is 0 Å². The zero-order chi connectivity index (χ0) is 14.3. The molecule has 0 radical (unpaired) electrons. The molecule has 0 bridgehead atoms. The molecule has 0 aliphatic rings. The molecule has 1 N–H and O–H groups in total. The summed E-state index contributed by atoms with van der Waals surface area (Å²) in [5.74, 6) is 1.02. The molecular formula is C15H23Cl2NS. The van der Waals surface area contributed by atoms with Crippen LogP contribution in [0, 0.1) is 0 Å². The van der Waals surface area contributed by atoms with Gasteiger partial charge in [0.2, 0.25) is 0 Å². The minimum absolute atomic E-state index is 0.269. The summed E-state index contributed by atoms with van der Waals surface area (Å²) in [5.41, 5.74) is 1.11. The van der Waals surface area contributed by atoms with Gasteiger partial charge in [0.15, 0.2) is 0 Å². The zero-order valence-electron chi connectivity index (χ0n) is 11.9. The smallest absolute Gasteiger partial charge is 0.0640 e. The summed E-state index contributed by atoms with van der Waals surface area (Å²) in [7, 11) is 0. The molecule has 0 aromatic heterocycles. The second-order valence-corrected chi connectivity index (χ2v) is 6.96. The van der Waals surface area contributed by atoms with Crippen LogP contribution in [-0.2, 0) is 0 Å². The van der Waals surface area contributed by atoms with E-state index in [1.807, 2.05) is 23.9 Å². The molecule has 0 fully saturated rings. The molecule has 1 aromatic carbocycles. The van der Waals surface area contributed by atoms with Gasteiger partial charge >= 0.3 is 0 Å². The summed E-state index contributed by atoms with van der Waals surface area (Å²) in [5, 5.41) is 5.56. The third-order valence-electron chi connectivity index (χ3n) is 3.12. The van der Waals surface area contributed by atoms with Crippen molar-refractivity contribution in [3.63, 3.8) is 0 Å². The van der Waals surface area contributed by atoms with Crippen molar-refractivity contribution in [3.05, 3.63) is 33.8 Å². The number of thioether (sulfide) groups is 1. The summed E-state index contributed by atoms with van der Waals surface area (Å²) in [6, 6.07) is 6.15. The van der Waals surface area contributed by atoms with Crippen molar-refractivity contribution in [1.82, 2.24) is 5.32 Å². The summed E-state index contributed by atoms with van der Waals surface area (Å²) in [6.07, 6.45) is 2.30. The van der Waals surface area contributed by atoms with E-state index in [1.165, 1.54) is 6.42 Å². The topological polar surface area (TPSA) is 12.0 Å². The van der Waals surface area contributed by atoms with E-state index < -0.39 is 0 Å². The fourth-order valence-electron chi connectivity index (χ4n) is 1.75. The molecular weight excluding hydrogens is 297 g/mol. The number of benzene rings is 1. The second-order valence-electron chi connectivity index (χ2n) is 4.70. The first-order chi connectivity index (χ1) is 9.10. The van der Waals surface area contributed by atoms with Gasteiger partial charge < -0.3 is 5.32 Å². The van der Waals surface area contributed by atoms with E-state index in [-0.39, 0.29) is 6.04 Å². The van der Waals surface area contributed by atoms with Crippen molar-refractivity contribution in [2.45, 2.75) is 44.9 Å². The first-order valence-corrected chi connectivity index (χ1v) is 8.69. The van der Waals surface area contributed by atoms with Gasteiger partial charge in [-0.2, -0.15) is 11.8 Å². The highest BCUT2D eigenvalue weighted by atomic mass is 35.5. The van der Waals surface area contributed by atoms with Crippen molar-refractivity contribution in [3.8, 4) is 0 Å². The summed E-state index contributed by atoms with van der Waals surface area (Å²) < 4.78 is 0. The Bertz CT molecular complexity index is 384. The standard InChI is InChI=1S/C15H23Cl2NS/c1-4-9-18-14(10-19-11(3)5-2)12-7-6-8-13(16)15(12)17/h6-8,11,14,18H,4-5,9-10H2,1-3H3. The molecule has 0 aliphatic heterocycles. The molecule has 1 nitrogen and oxygen atoms in total. The molecule has 108 valence electrons. The Kier molecular flexibility index (Phi) is 8.24. The van der Waals surface area contributed by atoms with Crippen LogP contribution in [0.4, 0.5) is 0 Å². The number of hydrogen-bond donors (Lipinski definition) is 1. The minimum Gasteiger partial charge on any atom is -0.309 e. The third-order valence-corrected chi connectivity index (χ3v) is 5.38. The monoisotopic (exact) mass is 319 g/mol. The maximum Gasteiger partial charge on any atom is 0.0640 e. The Morgan fingerprint density at radius 1 is 1.26 bits per heavy atom. The van der Waals surface area contributed by atoms with Crippen molar-refractivity contribution < 1.29 is 0 Å². The SMILES string of the molecule is CCCNC(CSC(C)CC)c1cccc(Cl)c1Cl. The van der Waals surface area contributed by atoms with Crippen molar-refractivity contribution in [1.29, 1.82) is 0 Å². The van der Waals surface area contributed by atoms with E-state index in [4.69, 9.17) is 23.2 Å². The van der Waals surface area contributed by atoms with Crippen LogP contribution in [0.2, 0.25) is 10.0 Å². The molecule has 0 saturated carbocycles. The van der Waals surface area contributed by atoms with Crippen molar-refractivity contribution >= 4 is 35.0 Å². The van der Waals surface area contributed by atoms with Gasteiger partial charge in [-0.25, -0.2) is 0 Å². The summed E-state index contributed by atoms with van der Waals surface area (Å²) in [6.45, 7) is 7.65. The fraction of sp³-hybridized carbons (Fsp3) is 0.600. The maximum atomic E-state index is 6.33. The van der Waals surface area contributed by atoms with Gasteiger partial charge in [-0.1, -0.05) is 56.1 Å². The molecule has 1 rings (SSSR count). The molecule has 0 saturated heterocycles. The lowest BCUT2D eigenvalue weighted by molar-refractivity contribution is 0.577. The van der Waals surface area contributed by atoms with E-state index in [2.05, 4.69) is 32.2 Å². The summed E-state index contributed by atoms with van der Waals surface area (Å²) >= 11 is 14.4. The quantitative estimate of drug-likeness (QED) is 0.672. The first-order valence-electron chi connectivity index (χ1n) is 6.89. The number of rotatable bonds is 8. The van der Waals surface area contributed by atoms with E-state index in [0.29, 0.717) is 15.3 Å². The molecule has 4 heteroatoms. The van der Waals surface area contributed by atoms with Crippen molar-refractivity contribution in [2.75, 3.05) is 12.3 Å². The lowest BCUT2D eigenvalue weighted by atomic mass is 10.1. The molecule has 2 atom stereocenters. The van der Waals surface area contributed by atoms with Gasteiger partial charge in [-0.05, 0) is 31.0 Å². The normalized spacial score (nSPS) is 14.4. The Morgan fingerprint density at radius 3 is 2.63 bits per heavy atom. The number of hydrogen-bond acceptors (Lipinski definition) is 2. The van der Waals surface area contributed by atoms with Gasteiger partial charge in [0, 0.05) is 17.0 Å². The molecule has 19 heavy (non-hydrogen) atoms. The lowest BCUT2D eigenvalue weighted by Gasteiger charge is -2.22. The predicted molar refractivity (Wildman–Crippen MR) is 89.7 cm³/mol. The minimum atomic E-state index is 0.269. The van der Waals surface area contributed by atoms with Crippen LogP contribution in [0.1, 0.15) is 45.2 Å². The van der Waals surface area contributed by atoms with Gasteiger partial charge in [0.1, 0.15) is 0 Å². The predicted octanol–water partition coefficient (Wildman–Crippen LogP) is 5.57.